The van der Waals surface area contributed by atoms with E-state index in [0.717, 1.165) is 0 Å². The maximum atomic E-state index is 9.99. The van der Waals surface area contributed by atoms with Gasteiger partial charge in [0.25, 0.3) is 10.1 Å². The SMILES string of the molecule is CCC(N)S(=O)(=O)O.CCCC[P+](CC)(CCCC)CCCC. The Morgan fingerprint density at radius 1 is 0.870 bits per heavy atom. The topological polar surface area (TPSA) is 80.4 Å². The lowest BCUT2D eigenvalue weighted by atomic mass is 10.4. The summed E-state index contributed by atoms with van der Waals surface area (Å²) in [6.07, 6.45) is 15.1. The van der Waals surface area contributed by atoms with Crippen molar-refractivity contribution in [3.63, 3.8) is 0 Å². The van der Waals surface area contributed by atoms with E-state index in [1.165, 1.54) is 44.7 Å². The van der Waals surface area contributed by atoms with Crippen molar-refractivity contribution in [2.75, 3.05) is 24.6 Å². The van der Waals surface area contributed by atoms with Crippen molar-refractivity contribution in [1.29, 1.82) is 0 Å². The van der Waals surface area contributed by atoms with Gasteiger partial charge < -0.3 is 5.73 Å². The van der Waals surface area contributed by atoms with Crippen LogP contribution in [0.2, 0.25) is 0 Å². The molecule has 0 aromatic carbocycles. The quantitative estimate of drug-likeness (QED) is 0.374. The molecule has 0 amide bonds. The fraction of sp³-hybridized carbons (Fsp3) is 1.00. The maximum Gasteiger partial charge on any atom is 0.280 e. The van der Waals surface area contributed by atoms with Gasteiger partial charge >= 0.3 is 0 Å². The molecular formula is C17H41NO3PS+. The van der Waals surface area contributed by atoms with Crippen LogP contribution in [0.3, 0.4) is 0 Å². The van der Waals surface area contributed by atoms with Crippen molar-refractivity contribution in [3.05, 3.63) is 0 Å². The predicted octanol–water partition coefficient (Wildman–Crippen LogP) is 4.99. The van der Waals surface area contributed by atoms with Crippen molar-refractivity contribution in [2.45, 2.75) is 84.9 Å². The summed E-state index contributed by atoms with van der Waals surface area (Å²) in [5.41, 5.74) is 4.91. The molecule has 1 atom stereocenters. The van der Waals surface area contributed by atoms with E-state index in [0.29, 0.717) is 0 Å². The van der Waals surface area contributed by atoms with Crippen LogP contribution in [-0.2, 0) is 10.1 Å². The first-order valence-corrected chi connectivity index (χ1v) is 13.3. The molecule has 0 aliphatic carbocycles. The molecule has 0 aliphatic rings. The minimum atomic E-state index is -3.98. The molecule has 1 unspecified atom stereocenters. The lowest BCUT2D eigenvalue weighted by Crippen LogP contribution is -2.28. The van der Waals surface area contributed by atoms with Crippen molar-refractivity contribution in [1.82, 2.24) is 0 Å². The molecular weight excluding hydrogens is 329 g/mol. The molecule has 0 rings (SSSR count). The summed E-state index contributed by atoms with van der Waals surface area (Å²) in [5.74, 6) is 0. The second-order valence-corrected chi connectivity index (χ2v) is 12.6. The Hall–Kier alpha value is 0.300. The molecule has 3 N–H and O–H groups in total. The molecule has 0 fully saturated rings. The second kappa shape index (κ2) is 14.6. The number of rotatable bonds is 12. The number of hydrogen-bond donors (Lipinski definition) is 2. The van der Waals surface area contributed by atoms with Gasteiger partial charge in [-0.2, -0.15) is 8.42 Å². The number of hydrogen-bond acceptors (Lipinski definition) is 3. The Balaban J connectivity index is 0. The Bertz CT molecular complexity index is 339. The summed E-state index contributed by atoms with van der Waals surface area (Å²) >= 11 is 0. The molecule has 4 nitrogen and oxygen atoms in total. The van der Waals surface area contributed by atoms with E-state index in [1.807, 2.05) is 0 Å². The third kappa shape index (κ3) is 13.3. The van der Waals surface area contributed by atoms with Gasteiger partial charge in [-0.15, -0.1) is 0 Å². The van der Waals surface area contributed by atoms with Crippen LogP contribution in [-0.4, -0.2) is 43.0 Å². The molecule has 0 spiro atoms. The fourth-order valence-electron chi connectivity index (χ4n) is 2.50. The molecule has 0 saturated heterocycles. The molecule has 0 aliphatic heterocycles. The summed E-state index contributed by atoms with van der Waals surface area (Å²) in [6.45, 7) is 11.0. The van der Waals surface area contributed by atoms with E-state index in [9.17, 15) is 8.42 Å². The van der Waals surface area contributed by atoms with Crippen LogP contribution in [0, 0.1) is 0 Å². The monoisotopic (exact) mass is 370 g/mol. The first-order valence-electron chi connectivity index (χ1n) is 9.29. The molecule has 0 aromatic heterocycles. The van der Waals surface area contributed by atoms with Crippen molar-refractivity contribution in [2.24, 2.45) is 5.73 Å². The van der Waals surface area contributed by atoms with E-state index < -0.39 is 22.8 Å². The molecule has 0 aromatic rings. The molecule has 142 valence electrons. The van der Waals surface area contributed by atoms with E-state index in [1.54, 1.807) is 25.4 Å². The summed E-state index contributed by atoms with van der Waals surface area (Å²) in [5, 5.41) is -1.12. The van der Waals surface area contributed by atoms with Crippen LogP contribution in [0.25, 0.3) is 0 Å². The largest absolute Gasteiger partial charge is 0.313 e. The Morgan fingerprint density at radius 2 is 1.22 bits per heavy atom. The van der Waals surface area contributed by atoms with Crippen LogP contribution in [0.4, 0.5) is 0 Å². The first kappa shape index (κ1) is 25.5. The maximum absolute atomic E-state index is 9.99. The van der Waals surface area contributed by atoms with Gasteiger partial charge in [0.15, 0.2) is 0 Å². The van der Waals surface area contributed by atoms with Gasteiger partial charge in [0.2, 0.25) is 0 Å². The molecule has 0 bridgehead atoms. The average molecular weight is 371 g/mol. The summed E-state index contributed by atoms with van der Waals surface area (Å²) in [4.78, 5) is 0. The van der Waals surface area contributed by atoms with Crippen LogP contribution >= 0.6 is 7.26 Å². The minimum Gasteiger partial charge on any atom is -0.313 e. The van der Waals surface area contributed by atoms with Crippen molar-refractivity contribution >= 4 is 17.4 Å². The zero-order valence-electron chi connectivity index (χ0n) is 16.1. The van der Waals surface area contributed by atoms with Crippen LogP contribution in [0.5, 0.6) is 0 Å². The normalized spacial score (nSPS) is 13.3. The average Bonchev–Trinajstić information content (AvgIpc) is 2.53. The highest BCUT2D eigenvalue weighted by atomic mass is 32.2. The third-order valence-corrected chi connectivity index (χ3v) is 10.6. The van der Waals surface area contributed by atoms with Gasteiger partial charge in [-0.05, 0) is 32.6 Å². The first-order chi connectivity index (χ1) is 10.7. The van der Waals surface area contributed by atoms with Crippen molar-refractivity contribution < 1.29 is 13.0 Å². The lowest BCUT2D eigenvalue weighted by molar-refractivity contribution is 0.466. The van der Waals surface area contributed by atoms with Gasteiger partial charge in [-0.1, -0.05) is 47.0 Å². The standard InChI is InChI=1S/C14H32P.C3H9NO3S/c1-5-9-12-15(8-4,13-10-6-2)14-11-7-3;1-2-3(4)8(5,6)7/h5-14H2,1-4H3;3H,2,4H2,1H3,(H,5,6,7)/q+1;. The van der Waals surface area contributed by atoms with Crippen LogP contribution < -0.4 is 5.73 Å². The number of nitrogens with two attached hydrogens (primary N) is 1. The predicted molar refractivity (Wildman–Crippen MR) is 107 cm³/mol. The summed E-state index contributed by atoms with van der Waals surface area (Å²) in [6, 6.07) is 0. The molecule has 0 radical (unpaired) electrons. The fourth-order valence-corrected chi connectivity index (χ4v) is 7.50. The van der Waals surface area contributed by atoms with E-state index in [4.69, 9.17) is 10.3 Å². The molecule has 0 heterocycles. The Kier molecular flexibility index (Phi) is 16.2. The van der Waals surface area contributed by atoms with E-state index >= 15 is 0 Å². The summed E-state index contributed by atoms with van der Waals surface area (Å²) < 4.78 is 28.1. The lowest BCUT2D eigenvalue weighted by Gasteiger charge is -2.26. The Labute approximate surface area is 146 Å². The van der Waals surface area contributed by atoms with Gasteiger partial charge in [0.1, 0.15) is 5.37 Å². The second-order valence-electron chi connectivity index (χ2n) is 6.35. The number of unbranched alkanes of at least 4 members (excludes halogenated alkanes) is 3. The van der Waals surface area contributed by atoms with Gasteiger partial charge in [0, 0.05) is 7.26 Å². The highest BCUT2D eigenvalue weighted by Gasteiger charge is 2.32. The summed E-state index contributed by atoms with van der Waals surface area (Å²) in [7, 11) is -4.50. The van der Waals surface area contributed by atoms with E-state index in [-0.39, 0.29) is 6.42 Å². The van der Waals surface area contributed by atoms with Crippen LogP contribution in [0.15, 0.2) is 0 Å². The van der Waals surface area contributed by atoms with E-state index in [2.05, 4.69) is 27.7 Å². The highest BCUT2D eigenvalue weighted by molar-refractivity contribution is 7.86. The van der Waals surface area contributed by atoms with Gasteiger partial charge in [-0.3, -0.25) is 4.55 Å². The smallest absolute Gasteiger partial charge is 0.280 e. The van der Waals surface area contributed by atoms with Crippen LogP contribution in [0.1, 0.15) is 79.6 Å². The molecule has 0 saturated carbocycles. The zero-order chi connectivity index (χ0) is 18.4. The molecule has 23 heavy (non-hydrogen) atoms. The zero-order valence-corrected chi connectivity index (χ0v) is 17.8. The third-order valence-electron chi connectivity index (χ3n) is 4.41. The Morgan fingerprint density at radius 3 is 1.35 bits per heavy atom. The van der Waals surface area contributed by atoms with Gasteiger partial charge in [-0.25, -0.2) is 0 Å². The molecule has 6 heteroatoms. The van der Waals surface area contributed by atoms with Crippen molar-refractivity contribution in [3.8, 4) is 0 Å². The van der Waals surface area contributed by atoms with Gasteiger partial charge in [0.05, 0.1) is 24.6 Å². The minimum absolute atomic E-state index is 0.235. The highest BCUT2D eigenvalue weighted by Crippen LogP contribution is 2.60.